The van der Waals surface area contributed by atoms with Gasteiger partial charge in [-0.3, -0.25) is 9.36 Å². The molecule has 130 valence electrons. The van der Waals surface area contributed by atoms with Crippen molar-refractivity contribution in [2.24, 2.45) is 7.05 Å². The Bertz CT molecular complexity index is 950. The summed E-state index contributed by atoms with van der Waals surface area (Å²) in [6, 6.07) is 8.32. The van der Waals surface area contributed by atoms with Gasteiger partial charge in [-0.05, 0) is 25.3 Å². The molecule has 1 aromatic carbocycles. The van der Waals surface area contributed by atoms with E-state index in [4.69, 9.17) is 9.84 Å². The van der Waals surface area contributed by atoms with Crippen LogP contribution in [0.25, 0.3) is 5.52 Å². The third-order valence-electron chi connectivity index (χ3n) is 4.96. The number of benzene rings is 1. The Kier molecular flexibility index (Phi) is 4.13. The van der Waals surface area contributed by atoms with Gasteiger partial charge in [0.2, 0.25) is 0 Å². The predicted molar refractivity (Wildman–Crippen MR) is 95.0 cm³/mol. The number of rotatable bonds is 3. The summed E-state index contributed by atoms with van der Waals surface area (Å²) in [5.74, 6) is 1.91. The lowest BCUT2D eigenvalue weighted by Gasteiger charge is -2.20. The molecule has 0 amide bonds. The van der Waals surface area contributed by atoms with Crippen molar-refractivity contribution in [1.82, 2.24) is 19.2 Å². The molecule has 0 N–H and O–H groups in total. The van der Waals surface area contributed by atoms with Crippen molar-refractivity contribution in [1.29, 1.82) is 0 Å². The Morgan fingerprint density at radius 2 is 1.92 bits per heavy atom. The lowest BCUT2D eigenvalue weighted by molar-refractivity contribution is 0.0832. The minimum Gasteiger partial charge on any atom is -0.381 e. The van der Waals surface area contributed by atoms with Crippen LogP contribution in [0.4, 0.5) is 0 Å². The van der Waals surface area contributed by atoms with Crippen LogP contribution in [0.15, 0.2) is 35.3 Å². The monoisotopic (exact) mass is 338 g/mol. The van der Waals surface area contributed by atoms with Gasteiger partial charge in [-0.25, -0.2) is 9.50 Å². The molecule has 1 saturated heterocycles. The van der Waals surface area contributed by atoms with Gasteiger partial charge in [-0.2, -0.15) is 5.10 Å². The summed E-state index contributed by atoms with van der Waals surface area (Å²) in [7, 11) is 1.78. The lowest BCUT2D eigenvalue weighted by atomic mass is 10.00. The van der Waals surface area contributed by atoms with Crippen LogP contribution in [0.2, 0.25) is 0 Å². The molecule has 0 unspecified atom stereocenters. The van der Waals surface area contributed by atoms with Gasteiger partial charge in [-0.1, -0.05) is 29.8 Å². The van der Waals surface area contributed by atoms with Crippen molar-refractivity contribution in [3.8, 4) is 0 Å². The molecule has 2 aromatic heterocycles. The van der Waals surface area contributed by atoms with E-state index in [1.165, 1.54) is 5.56 Å². The number of hydrogen-bond donors (Lipinski definition) is 0. The molecule has 1 fully saturated rings. The number of nitrogens with zero attached hydrogens (tertiary/aromatic N) is 4. The van der Waals surface area contributed by atoms with E-state index in [-0.39, 0.29) is 5.56 Å². The highest BCUT2D eigenvalue weighted by atomic mass is 16.5. The fraction of sp³-hybridized carbons (Fsp3) is 0.421. The van der Waals surface area contributed by atoms with Crippen LogP contribution in [0.3, 0.4) is 0 Å². The molecule has 0 bridgehead atoms. The van der Waals surface area contributed by atoms with Gasteiger partial charge in [0.05, 0.1) is 6.20 Å². The van der Waals surface area contributed by atoms with Crippen LogP contribution >= 0.6 is 0 Å². The van der Waals surface area contributed by atoms with Gasteiger partial charge < -0.3 is 4.74 Å². The van der Waals surface area contributed by atoms with Crippen molar-refractivity contribution in [2.45, 2.75) is 32.1 Å². The highest BCUT2D eigenvalue weighted by Crippen LogP contribution is 2.25. The van der Waals surface area contributed by atoms with E-state index in [1.807, 2.05) is 0 Å². The SMILES string of the molecule is Cc1ccc(Cc2nn3c(C4CCOCC4)ncc3c(=O)n2C)cc1. The predicted octanol–water partition coefficient (Wildman–Crippen LogP) is 2.22. The van der Waals surface area contributed by atoms with Gasteiger partial charge in [0.25, 0.3) is 5.56 Å². The van der Waals surface area contributed by atoms with E-state index < -0.39 is 0 Å². The van der Waals surface area contributed by atoms with Crippen molar-refractivity contribution in [3.63, 3.8) is 0 Å². The fourth-order valence-corrected chi connectivity index (χ4v) is 3.36. The maximum absolute atomic E-state index is 12.7. The molecule has 1 aliphatic heterocycles. The first-order chi connectivity index (χ1) is 12.1. The van der Waals surface area contributed by atoms with Gasteiger partial charge >= 0.3 is 0 Å². The summed E-state index contributed by atoms with van der Waals surface area (Å²) in [4.78, 5) is 17.2. The van der Waals surface area contributed by atoms with E-state index >= 15 is 0 Å². The third-order valence-corrected chi connectivity index (χ3v) is 4.96. The number of fused-ring (bicyclic) bond motifs is 1. The molecule has 0 aliphatic carbocycles. The Labute approximate surface area is 146 Å². The second kappa shape index (κ2) is 6.44. The Hall–Kier alpha value is -2.47. The van der Waals surface area contributed by atoms with Crippen LogP contribution in [0.1, 0.15) is 41.5 Å². The van der Waals surface area contributed by atoms with Crippen molar-refractivity contribution in [3.05, 3.63) is 63.6 Å². The molecule has 0 saturated carbocycles. The lowest BCUT2D eigenvalue weighted by Crippen LogP contribution is -2.26. The molecule has 3 aromatic rings. The normalized spacial score (nSPS) is 15.8. The molecular weight excluding hydrogens is 316 g/mol. The second-order valence-corrected chi connectivity index (χ2v) is 6.74. The Morgan fingerprint density at radius 3 is 2.64 bits per heavy atom. The van der Waals surface area contributed by atoms with E-state index in [1.54, 1.807) is 22.3 Å². The molecule has 0 radical (unpaired) electrons. The highest BCUT2D eigenvalue weighted by Gasteiger charge is 2.22. The largest absolute Gasteiger partial charge is 0.381 e. The standard InChI is InChI=1S/C19H22N4O2/c1-13-3-5-14(6-4-13)11-17-21-23-16(19(24)22(17)2)12-20-18(23)15-7-9-25-10-8-15/h3-6,12,15H,7-11H2,1-2H3. The molecule has 0 spiro atoms. The summed E-state index contributed by atoms with van der Waals surface area (Å²) in [6.07, 6.45) is 4.11. The zero-order valence-electron chi connectivity index (χ0n) is 14.6. The summed E-state index contributed by atoms with van der Waals surface area (Å²) in [5.41, 5.74) is 2.84. The van der Waals surface area contributed by atoms with E-state index in [0.29, 0.717) is 17.9 Å². The van der Waals surface area contributed by atoms with Crippen molar-refractivity contribution in [2.75, 3.05) is 13.2 Å². The van der Waals surface area contributed by atoms with Crippen LogP contribution in [0.5, 0.6) is 0 Å². The first-order valence-corrected chi connectivity index (χ1v) is 8.70. The first kappa shape index (κ1) is 16.0. The van der Waals surface area contributed by atoms with Crippen LogP contribution in [0, 0.1) is 6.92 Å². The molecule has 0 atom stereocenters. The zero-order valence-corrected chi connectivity index (χ0v) is 14.6. The number of hydrogen-bond acceptors (Lipinski definition) is 4. The second-order valence-electron chi connectivity index (χ2n) is 6.74. The van der Waals surface area contributed by atoms with Crippen molar-refractivity contribution < 1.29 is 4.74 Å². The van der Waals surface area contributed by atoms with Crippen molar-refractivity contribution >= 4 is 5.52 Å². The number of aromatic nitrogens is 4. The maximum Gasteiger partial charge on any atom is 0.279 e. The first-order valence-electron chi connectivity index (χ1n) is 8.70. The van der Waals surface area contributed by atoms with Gasteiger partial charge in [-0.15, -0.1) is 0 Å². The quantitative estimate of drug-likeness (QED) is 0.735. The van der Waals surface area contributed by atoms with E-state index in [0.717, 1.165) is 43.3 Å². The maximum atomic E-state index is 12.7. The smallest absolute Gasteiger partial charge is 0.279 e. The summed E-state index contributed by atoms with van der Waals surface area (Å²) >= 11 is 0. The number of imidazole rings is 1. The third kappa shape index (κ3) is 2.98. The van der Waals surface area contributed by atoms with Crippen LogP contribution in [-0.2, 0) is 18.2 Å². The zero-order chi connectivity index (χ0) is 17.4. The molecule has 6 heteroatoms. The summed E-state index contributed by atoms with van der Waals surface area (Å²) in [6.45, 7) is 3.54. The number of ether oxygens (including phenoxy) is 1. The summed E-state index contributed by atoms with van der Waals surface area (Å²) in [5, 5.41) is 4.76. The molecule has 4 rings (SSSR count). The van der Waals surface area contributed by atoms with Crippen LogP contribution < -0.4 is 5.56 Å². The topological polar surface area (TPSA) is 61.4 Å². The highest BCUT2D eigenvalue weighted by molar-refractivity contribution is 5.43. The van der Waals surface area contributed by atoms with Gasteiger partial charge in [0, 0.05) is 32.6 Å². The van der Waals surface area contributed by atoms with E-state index in [2.05, 4.69) is 36.2 Å². The Balaban J connectivity index is 1.77. The molecule has 3 heterocycles. The molecule has 1 aliphatic rings. The average Bonchev–Trinajstić information content (AvgIpc) is 3.06. The molecule has 6 nitrogen and oxygen atoms in total. The average molecular weight is 338 g/mol. The Morgan fingerprint density at radius 1 is 1.20 bits per heavy atom. The number of aryl methyl sites for hydroxylation is 1. The summed E-state index contributed by atoms with van der Waals surface area (Å²) < 4.78 is 8.82. The van der Waals surface area contributed by atoms with Gasteiger partial charge in [0.15, 0.2) is 5.52 Å². The van der Waals surface area contributed by atoms with Gasteiger partial charge in [0.1, 0.15) is 11.6 Å². The van der Waals surface area contributed by atoms with E-state index in [9.17, 15) is 4.79 Å². The minimum atomic E-state index is -0.0529. The fourth-order valence-electron chi connectivity index (χ4n) is 3.36. The van der Waals surface area contributed by atoms with Crippen LogP contribution in [-0.4, -0.2) is 32.4 Å². The molecule has 25 heavy (non-hydrogen) atoms. The minimum absolute atomic E-state index is 0.0529. The molecular formula is C19H22N4O2.